The van der Waals surface area contributed by atoms with Gasteiger partial charge in [0.2, 0.25) is 17.4 Å². The summed E-state index contributed by atoms with van der Waals surface area (Å²) in [6.07, 6.45) is -5.33. The molecule has 1 aliphatic carbocycles. The summed E-state index contributed by atoms with van der Waals surface area (Å²) in [5.41, 5.74) is -1.55. The minimum Gasteiger partial charge on any atom is -0.481 e. The summed E-state index contributed by atoms with van der Waals surface area (Å²) in [5, 5.41) is 17.4. The van der Waals surface area contributed by atoms with Crippen molar-refractivity contribution in [3.63, 3.8) is 0 Å². The number of carboxylic acid groups (broad SMARTS) is 1. The lowest BCUT2D eigenvalue weighted by atomic mass is 9.80. The molecule has 2 amide bonds. The molecule has 0 spiro atoms. The van der Waals surface area contributed by atoms with Gasteiger partial charge in [-0.25, -0.2) is 14.3 Å². The second-order valence-electron chi connectivity index (χ2n) is 11.0. The second-order valence-corrected chi connectivity index (χ2v) is 11.0. The molecule has 0 bridgehead atoms. The van der Waals surface area contributed by atoms with Crippen molar-refractivity contribution >= 4 is 29.9 Å². The number of carbonyl (C=O) groups excluding carboxylic acids is 4. The van der Waals surface area contributed by atoms with E-state index in [-0.39, 0.29) is 63.1 Å². The molecule has 0 radical (unpaired) electrons. The molecule has 1 aliphatic heterocycles. The van der Waals surface area contributed by atoms with Crippen LogP contribution in [-0.2, 0) is 28.7 Å². The number of nitrogens with zero attached hydrogens (tertiary/aromatic N) is 4. The first-order valence-electron chi connectivity index (χ1n) is 15.5. The van der Waals surface area contributed by atoms with Gasteiger partial charge in [0.1, 0.15) is 11.8 Å². The SMILES string of the molecule is CCOC(=O)ON1CCN(C(=O)[C@H](CCC(=O)O)NC(=O)c2cc(OC3(C(=O)OCC)CCC3)n(-c3ccc(OC(F)(F)F)cc3)n2)CC1. The molecule has 1 saturated heterocycles. The van der Waals surface area contributed by atoms with Crippen LogP contribution < -0.4 is 14.8 Å². The Bertz CT molecular complexity index is 1500. The molecule has 2 aromatic rings. The minimum atomic E-state index is -4.93. The number of halogens is 3. The zero-order chi connectivity index (χ0) is 35.8. The maximum Gasteiger partial charge on any atom is 0.573 e. The van der Waals surface area contributed by atoms with Gasteiger partial charge in [0.05, 0.1) is 32.0 Å². The average molecular weight is 700 g/mol. The van der Waals surface area contributed by atoms with Crippen LogP contribution in [0.25, 0.3) is 5.69 Å². The number of nitrogens with one attached hydrogen (secondary N) is 1. The number of carboxylic acids is 1. The quantitative estimate of drug-likeness (QED) is 0.274. The molecule has 2 fully saturated rings. The maximum atomic E-state index is 13.5. The molecule has 2 aliphatic rings. The maximum absolute atomic E-state index is 13.5. The predicted molar refractivity (Wildman–Crippen MR) is 158 cm³/mol. The molecule has 1 aromatic carbocycles. The highest BCUT2D eigenvalue weighted by molar-refractivity contribution is 5.96. The van der Waals surface area contributed by atoms with Gasteiger partial charge in [-0.3, -0.25) is 14.4 Å². The van der Waals surface area contributed by atoms with Crippen molar-refractivity contribution in [3.8, 4) is 17.3 Å². The molecule has 1 aromatic heterocycles. The molecule has 0 unspecified atom stereocenters. The number of hydroxylamine groups is 2. The van der Waals surface area contributed by atoms with Crippen LogP contribution in [0.4, 0.5) is 18.0 Å². The molecule has 16 nitrogen and oxygen atoms in total. The van der Waals surface area contributed by atoms with E-state index in [1.165, 1.54) is 28.2 Å². The fourth-order valence-electron chi connectivity index (χ4n) is 5.06. The van der Waals surface area contributed by atoms with Crippen LogP contribution in [0.2, 0.25) is 0 Å². The highest BCUT2D eigenvalue weighted by Gasteiger charge is 2.49. The Labute approximate surface area is 277 Å². The van der Waals surface area contributed by atoms with Crippen molar-refractivity contribution in [2.45, 2.75) is 64.0 Å². The predicted octanol–water partition coefficient (Wildman–Crippen LogP) is 2.83. The monoisotopic (exact) mass is 699 g/mol. The van der Waals surface area contributed by atoms with Crippen molar-refractivity contribution in [2.24, 2.45) is 0 Å². The van der Waals surface area contributed by atoms with Gasteiger partial charge in [-0.2, -0.15) is 5.10 Å². The molecule has 268 valence electrons. The van der Waals surface area contributed by atoms with Crippen molar-refractivity contribution in [2.75, 3.05) is 39.4 Å². The lowest BCUT2D eigenvalue weighted by Gasteiger charge is -2.38. The molecule has 19 heteroatoms. The number of aliphatic carboxylic acids is 1. The molecule has 4 rings (SSSR count). The standard InChI is InChI=1S/C30H36F3N5O11/c1-3-45-27(43)29(12-5-13-29)48-23-18-22(35-38(23)19-6-8-20(9-7-19)47-30(31,32)33)25(41)34-21(10-11-24(39)40)26(42)36-14-16-37(17-15-36)49-28(44)46-4-2/h6-9,18,21H,3-5,10-17H2,1-2H3,(H,34,41)(H,39,40)/t21-/m0/s1. The van der Waals surface area contributed by atoms with Gasteiger partial charge < -0.3 is 39.1 Å². The number of esters is 1. The third-order valence-corrected chi connectivity index (χ3v) is 7.60. The number of benzene rings is 1. The topological polar surface area (TPSA) is 188 Å². The van der Waals surface area contributed by atoms with E-state index in [1.807, 2.05) is 0 Å². The van der Waals surface area contributed by atoms with Gasteiger partial charge in [0, 0.05) is 25.6 Å². The van der Waals surface area contributed by atoms with Crippen LogP contribution in [0, 0.1) is 0 Å². The van der Waals surface area contributed by atoms with E-state index in [2.05, 4.69) is 15.2 Å². The molecular weight excluding hydrogens is 663 g/mol. The molecule has 2 N–H and O–H groups in total. The first-order chi connectivity index (χ1) is 23.2. The largest absolute Gasteiger partial charge is 0.573 e. The average Bonchev–Trinajstić information content (AvgIpc) is 3.44. The zero-order valence-corrected chi connectivity index (χ0v) is 26.7. The van der Waals surface area contributed by atoms with Crippen LogP contribution in [0.3, 0.4) is 0 Å². The van der Waals surface area contributed by atoms with Gasteiger partial charge in [-0.15, -0.1) is 18.2 Å². The van der Waals surface area contributed by atoms with Crippen LogP contribution in [0.1, 0.15) is 56.4 Å². The number of hydrogen-bond donors (Lipinski definition) is 2. The fourth-order valence-corrected chi connectivity index (χ4v) is 5.06. The van der Waals surface area contributed by atoms with Gasteiger partial charge in [-0.05, 0) is 63.8 Å². The summed E-state index contributed by atoms with van der Waals surface area (Å²) in [4.78, 5) is 69.3. The first-order valence-corrected chi connectivity index (χ1v) is 15.5. The van der Waals surface area contributed by atoms with Crippen molar-refractivity contribution < 1.29 is 66.0 Å². The summed E-state index contributed by atoms with van der Waals surface area (Å²) in [6, 6.07) is 4.40. The Morgan fingerprint density at radius 3 is 2.20 bits per heavy atom. The second kappa shape index (κ2) is 15.9. The Hall–Kier alpha value is -5.07. The van der Waals surface area contributed by atoms with E-state index >= 15 is 0 Å². The molecule has 2 heterocycles. The molecule has 1 saturated carbocycles. The Balaban J connectivity index is 1.57. The third kappa shape index (κ3) is 9.74. The van der Waals surface area contributed by atoms with Crippen LogP contribution >= 0.6 is 0 Å². The Kier molecular flexibility index (Phi) is 11.9. The third-order valence-electron chi connectivity index (χ3n) is 7.60. The summed E-state index contributed by atoms with van der Waals surface area (Å²) < 4.78 is 59.2. The normalized spacial score (nSPS) is 16.5. The number of hydrogen-bond acceptors (Lipinski definition) is 12. The number of rotatable bonds is 14. The highest BCUT2D eigenvalue weighted by Crippen LogP contribution is 2.39. The Morgan fingerprint density at radius 2 is 1.65 bits per heavy atom. The number of carbonyl (C=O) groups is 5. The molecule has 49 heavy (non-hydrogen) atoms. The van der Waals surface area contributed by atoms with E-state index in [0.717, 1.165) is 16.8 Å². The van der Waals surface area contributed by atoms with E-state index in [4.69, 9.17) is 19.0 Å². The van der Waals surface area contributed by atoms with E-state index in [1.54, 1.807) is 13.8 Å². The van der Waals surface area contributed by atoms with E-state index < -0.39 is 60.1 Å². The smallest absolute Gasteiger partial charge is 0.481 e. The number of alkyl halides is 3. The lowest BCUT2D eigenvalue weighted by Crippen LogP contribution is -2.55. The van der Waals surface area contributed by atoms with Gasteiger partial charge in [0.25, 0.3) is 5.91 Å². The van der Waals surface area contributed by atoms with Crippen LogP contribution in [0.5, 0.6) is 11.6 Å². The van der Waals surface area contributed by atoms with Gasteiger partial charge in [-0.1, -0.05) is 0 Å². The summed E-state index contributed by atoms with van der Waals surface area (Å²) >= 11 is 0. The van der Waals surface area contributed by atoms with Crippen LogP contribution in [0.15, 0.2) is 30.3 Å². The summed E-state index contributed by atoms with van der Waals surface area (Å²) in [5.74, 6) is -3.96. The summed E-state index contributed by atoms with van der Waals surface area (Å²) in [6.45, 7) is 3.88. The van der Waals surface area contributed by atoms with Crippen molar-refractivity contribution in [1.82, 2.24) is 25.1 Å². The first kappa shape index (κ1) is 36.8. The Morgan fingerprint density at radius 1 is 1.00 bits per heavy atom. The lowest BCUT2D eigenvalue weighted by molar-refractivity contribution is -0.274. The fraction of sp³-hybridized carbons (Fsp3) is 0.533. The highest BCUT2D eigenvalue weighted by atomic mass is 19.4. The van der Waals surface area contributed by atoms with Gasteiger partial charge >= 0.3 is 24.5 Å². The number of aromatic nitrogens is 2. The summed E-state index contributed by atoms with van der Waals surface area (Å²) in [7, 11) is 0. The van der Waals surface area contributed by atoms with Crippen molar-refractivity contribution in [1.29, 1.82) is 0 Å². The molecule has 1 atom stereocenters. The number of piperazine rings is 1. The number of ether oxygens (including phenoxy) is 4. The van der Waals surface area contributed by atoms with Crippen LogP contribution in [-0.4, -0.2) is 112 Å². The van der Waals surface area contributed by atoms with Gasteiger partial charge in [0.15, 0.2) is 5.69 Å². The van der Waals surface area contributed by atoms with E-state index in [0.29, 0.717) is 19.3 Å². The number of amides is 2. The van der Waals surface area contributed by atoms with E-state index in [9.17, 15) is 42.3 Å². The van der Waals surface area contributed by atoms with Crippen molar-refractivity contribution in [3.05, 3.63) is 36.0 Å². The zero-order valence-electron chi connectivity index (χ0n) is 26.7. The minimum absolute atomic E-state index is 0.0801. The molecular formula is C30H36F3N5O11.